The predicted molar refractivity (Wildman–Crippen MR) is 57.7 cm³/mol. The topological polar surface area (TPSA) is 15.3 Å². The fourth-order valence-corrected chi connectivity index (χ4v) is 3.15. The Morgan fingerprint density at radius 2 is 2.07 bits per heavy atom. The van der Waals surface area contributed by atoms with Crippen LogP contribution in [0.2, 0.25) is 0 Å². The van der Waals surface area contributed by atoms with E-state index in [1.54, 1.807) is 0 Å². The van der Waals surface area contributed by atoms with Crippen molar-refractivity contribution in [2.24, 2.45) is 5.41 Å². The van der Waals surface area contributed by atoms with Gasteiger partial charge < -0.3 is 4.90 Å². The molecule has 1 saturated heterocycles. The van der Waals surface area contributed by atoms with Crippen molar-refractivity contribution in [2.45, 2.75) is 31.8 Å². The van der Waals surface area contributed by atoms with Crippen LogP contribution in [0.4, 0.5) is 0 Å². The van der Waals surface area contributed by atoms with E-state index in [2.05, 4.69) is 34.6 Å². The van der Waals surface area contributed by atoms with Crippen LogP contribution in [0.1, 0.15) is 25.7 Å². The van der Waals surface area contributed by atoms with Crippen molar-refractivity contribution >= 4 is 0 Å². The van der Waals surface area contributed by atoms with Gasteiger partial charge in [0.2, 0.25) is 0 Å². The molecule has 14 heavy (non-hydrogen) atoms. The van der Waals surface area contributed by atoms with E-state index in [0.717, 1.165) is 6.54 Å². The Labute approximate surface area is 85.7 Å². The third-order valence-electron chi connectivity index (χ3n) is 4.00. The van der Waals surface area contributed by atoms with Gasteiger partial charge in [-0.15, -0.1) is 0 Å². The monoisotopic (exact) mass is 190 g/mol. The molecule has 0 amide bonds. The molecule has 76 valence electrons. The molecule has 2 aliphatic heterocycles. The predicted octanol–water partition coefficient (Wildman–Crippen LogP) is 1.86. The van der Waals surface area contributed by atoms with Crippen LogP contribution in [0.5, 0.6) is 0 Å². The summed E-state index contributed by atoms with van der Waals surface area (Å²) < 4.78 is 0. The van der Waals surface area contributed by atoms with Crippen LogP contribution in [0.15, 0.2) is 24.4 Å². The summed E-state index contributed by atoms with van der Waals surface area (Å²) in [5, 5.41) is 3.59. The summed E-state index contributed by atoms with van der Waals surface area (Å²) in [5.74, 6) is 0. The summed E-state index contributed by atoms with van der Waals surface area (Å²) in [5.41, 5.74) is 0.621. The smallest absolute Gasteiger partial charge is 0.0863 e. The van der Waals surface area contributed by atoms with Crippen molar-refractivity contribution in [3.63, 3.8) is 0 Å². The van der Waals surface area contributed by atoms with Crippen LogP contribution < -0.4 is 5.32 Å². The second-order valence-electron chi connectivity index (χ2n) is 4.82. The second kappa shape index (κ2) is 3.13. The van der Waals surface area contributed by atoms with Crippen LogP contribution in [-0.2, 0) is 0 Å². The average Bonchev–Trinajstić information content (AvgIpc) is 2.68. The summed E-state index contributed by atoms with van der Waals surface area (Å²) in [6.45, 7) is 2.32. The van der Waals surface area contributed by atoms with Crippen LogP contribution in [0.3, 0.4) is 0 Å². The SMILES string of the molecule is C1=CCN(C2NCC23CCCC3)C=C1. The molecule has 1 spiro atoms. The van der Waals surface area contributed by atoms with Crippen molar-refractivity contribution < 1.29 is 0 Å². The normalized spacial score (nSPS) is 33.7. The minimum absolute atomic E-state index is 0.617. The third kappa shape index (κ3) is 1.13. The van der Waals surface area contributed by atoms with Crippen molar-refractivity contribution in [3.05, 3.63) is 24.4 Å². The summed E-state index contributed by atoms with van der Waals surface area (Å²) in [4.78, 5) is 2.45. The Hall–Kier alpha value is -0.760. The van der Waals surface area contributed by atoms with Gasteiger partial charge in [-0.1, -0.05) is 25.0 Å². The summed E-state index contributed by atoms with van der Waals surface area (Å²) in [7, 11) is 0. The Morgan fingerprint density at radius 1 is 1.21 bits per heavy atom. The molecule has 2 fully saturated rings. The van der Waals surface area contributed by atoms with Gasteiger partial charge >= 0.3 is 0 Å². The number of nitrogens with zero attached hydrogens (tertiary/aromatic N) is 1. The van der Waals surface area contributed by atoms with Crippen molar-refractivity contribution in [3.8, 4) is 0 Å². The number of hydrogen-bond donors (Lipinski definition) is 1. The number of nitrogens with one attached hydrogen (secondary N) is 1. The lowest BCUT2D eigenvalue weighted by Gasteiger charge is -2.53. The first-order valence-corrected chi connectivity index (χ1v) is 5.73. The highest BCUT2D eigenvalue weighted by Crippen LogP contribution is 2.46. The van der Waals surface area contributed by atoms with Gasteiger partial charge in [0.15, 0.2) is 0 Å². The maximum Gasteiger partial charge on any atom is 0.0863 e. The molecule has 1 unspecified atom stereocenters. The largest absolute Gasteiger partial charge is 0.358 e. The summed E-state index contributed by atoms with van der Waals surface area (Å²) in [6.07, 6.45) is 15.1. The van der Waals surface area contributed by atoms with E-state index < -0.39 is 0 Å². The molecule has 2 heterocycles. The van der Waals surface area contributed by atoms with E-state index in [1.807, 2.05) is 0 Å². The minimum atomic E-state index is 0.617. The Kier molecular flexibility index (Phi) is 1.91. The molecule has 1 aliphatic carbocycles. The van der Waals surface area contributed by atoms with Crippen LogP contribution in [0.25, 0.3) is 0 Å². The molecule has 0 aromatic carbocycles. The third-order valence-corrected chi connectivity index (χ3v) is 4.00. The first-order valence-electron chi connectivity index (χ1n) is 5.73. The molecule has 1 atom stereocenters. The fourth-order valence-electron chi connectivity index (χ4n) is 3.15. The van der Waals surface area contributed by atoms with E-state index in [-0.39, 0.29) is 0 Å². The van der Waals surface area contributed by atoms with E-state index in [1.165, 1.54) is 32.2 Å². The number of hydrogen-bond acceptors (Lipinski definition) is 2. The second-order valence-corrected chi connectivity index (χ2v) is 4.82. The molecule has 3 rings (SSSR count). The number of rotatable bonds is 1. The number of allylic oxidation sites excluding steroid dienone is 2. The summed E-state index contributed by atoms with van der Waals surface area (Å²) in [6, 6.07) is 0. The molecule has 1 saturated carbocycles. The van der Waals surface area contributed by atoms with Gasteiger partial charge in [-0.25, -0.2) is 0 Å². The maximum absolute atomic E-state index is 3.59. The Bertz CT molecular complexity index is 274. The lowest BCUT2D eigenvalue weighted by atomic mass is 9.75. The lowest BCUT2D eigenvalue weighted by molar-refractivity contribution is -0.00332. The van der Waals surface area contributed by atoms with Gasteiger partial charge in [0.25, 0.3) is 0 Å². The molecule has 3 aliphatic rings. The standard InChI is InChI=1S/C12H18N2/c1-4-8-14(9-5-1)11-12(10-13-11)6-2-3-7-12/h1,4-5,8,11,13H,2-3,6-7,9-10H2. The molecule has 0 aromatic heterocycles. The van der Waals surface area contributed by atoms with Gasteiger partial charge in [-0.3, -0.25) is 5.32 Å². The average molecular weight is 190 g/mol. The zero-order chi connectivity index (χ0) is 9.43. The Morgan fingerprint density at radius 3 is 2.64 bits per heavy atom. The first-order chi connectivity index (χ1) is 6.91. The molecule has 2 nitrogen and oxygen atoms in total. The fraction of sp³-hybridized carbons (Fsp3) is 0.667. The Balaban J connectivity index is 1.73. The van der Waals surface area contributed by atoms with Gasteiger partial charge in [0.05, 0.1) is 6.17 Å². The molecule has 2 heteroatoms. The highest BCUT2D eigenvalue weighted by Gasteiger charge is 2.50. The van der Waals surface area contributed by atoms with Gasteiger partial charge in [0.1, 0.15) is 0 Å². The highest BCUT2D eigenvalue weighted by atomic mass is 15.3. The van der Waals surface area contributed by atoms with Crippen LogP contribution >= 0.6 is 0 Å². The van der Waals surface area contributed by atoms with Crippen LogP contribution in [0, 0.1) is 5.41 Å². The molecular formula is C12H18N2. The van der Waals surface area contributed by atoms with E-state index in [0.29, 0.717) is 11.6 Å². The molecular weight excluding hydrogens is 172 g/mol. The highest BCUT2D eigenvalue weighted by molar-refractivity contribution is 5.14. The van der Waals surface area contributed by atoms with E-state index >= 15 is 0 Å². The van der Waals surface area contributed by atoms with Gasteiger partial charge in [0, 0.05) is 24.7 Å². The summed E-state index contributed by atoms with van der Waals surface area (Å²) >= 11 is 0. The quantitative estimate of drug-likeness (QED) is 0.679. The molecule has 0 aromatic rings. The maximum atomic E-state index is 3.59. The van der Waals surface area contributed by atoms with Crippen molar-refractivity contribution in [1.29, 1.82) is 0 Å². The zero-order valence-electron chi connectivity index (χ0n) is 8.58. The van der Waals surface area contributed by atoms with Crippen molar-refractivity contribution in [2.75, 3.05) is 13.1 Å². The van der Waals surface area contributed by atoms with Gasteiger partial charge in [-0.05, 0) is 18.9 Å². The van der Waals surface area contributed by atoms with Gasteiger partial charge in [-0.2, -0.15) is 0 Å². The van der Waals surface area contributed by atoms with E-state index in [9.17, 15) is 0 Å². The molecule has 1 N–H and O–H groups in total. The minimum Gasteiger partial charge on any atom is -0.358 e. The first kappa shape index (κ1) is 8.54. The molecule has 0 radical (unpaired) electrons. The lowest BCUT2D eigenvalue weighted by Crippen LogP contribution is -2.67. The zero-order valence-corrected chi connectivity index (χ0v) is 8.58. The molecule has 0 bridgehead atoms. The van der Waals surface area contributed by atoms with E-state index in [4.69, 9.17) is 0 Å². The van der Waals surface area contributed by atoms with Crippen LogP contribution in [-0.4, -0.2) is 24.2 Å². The van der Waals surface area contributed by atoms with Crippen molar-refractivity contribution in [1.82, 2.24) is 10.2 Å².